The lowest BCUT2D eigenvalue weighted by molar-refractivity contribution is -0.387. The average molecular weight is 394 g/mol. The monoisotopic (exact) mass is 394 g/mol. The largest absolute Gasteiger partial charge is 0.492 e. The van der Waals surface area contributed by atoms with Gasteiger partial charge in [0, 0.05) is 6.07 Å². The fourth-order valence-electron chi connectivity index (χ4n) is 2.36. The lowest BCUT2D eigenvalue weighted by atomic mass is 10.3. The highest BCUT2D eigenvalue weighted by molar-refractivity contribution is 7.93. The van der Waals surface area contributed by atoms with E-state index in [0.29, 0.717) is 0 Å². The summed E-state index contributed by atoms with van der Waals surface area (Å²) in [5.74, 6) is 4.49. The number of benzene rings is 2. The van der Waals surface area contributed by atoms with Crippen molar-refractivity contribution in [3.63, 3.8) is 0 Å². The molecule has 0 radical (unpaired) electrons. The van der Waals surface area contributed by atoms with Crippen LogP contribution in [0.1, 0.15) is 6.92 Å². The maximum Gasteiger partial charge on any atom is 0.289 e. The molecule has 0 aromatic heterocycles. The molecule has 27 heavy (non-hydrogen) atoms. The third kappa shape index (κ3) is 4.33. The van der Waals surface area contributed by atoms with Crippen LogP contribution in [-0.2, 0) is 14.8 Å². The number of para-hydroxylation sites is 3. The van der Waals surface area contributed by atoms with Gasteiger partial charge in [-0.1, -0.05) is 24.3 Å². The van der Waals surface area contributed by atoms with Gasteiger partial charge in [0.25, 0.3) is 21.6 Å². The summed E-state index contributed by atoms with van der Waals surface area (Å²) in [6, 6.07) is 11.0. The van der Waals surface area contributed by atoms with Crippen LogP contribution in [0.4, 0.5) is 11.4 Å². The quantitative estimate of drug-likeness (QED) is 0.296. The topological polar surface area (TPSA) is 145 Å². The minimum atomic E-state index is -4.48. The summed E-state index contributed by atoms with van der Waals surface area (Å²) in [6.07, 6.45) is 0. The molecular formula is C16H18N4O6S. The van der Waals surface area contributed by atoms with Gasteiger partial charge < -0.3 is 4.74 Å². The van der Waals surface area contributed by atoms with E-state index in [0.717, 1.165) is 16.4 Å². The molecule has 0 bridgehead atoms. The molecule has 0 saturated heterocycles. The summed E-state index contributed by atoms with van der Waals surface area (Å²) >= 11 is 0. The van der Waals surface area contributed by atoms with Crippen LogP contribution in [0.25, 0.3) is 0 Å². The van der Waals surface area contributed by atoms with E-state index in [1.165, 1.54) is 24.3 Å². The van der Waals surface area contributed by atoms with Gasteiger partial charge in [0.1, 0.15) is 12.3 Å². The molecule has 0 aliphatic rings. The van der Waals surface area contributed by atoms with Crippen LogP contribution in [0.2, 0.25) is 0 Å². The molecule has 0 saturated carbocycles. The number of amides is 1. The zero-order valence-electron chi connectivity index (χ0n) is 14.4. The van der Waals surface area contributed by atoms with Crippen molar-refractivity contribution < 1.29 is 22.9 Å². The van der Waals surface area contributed by atoms with E-state index < -0.39 is 38.0 Å². The van der Waals surface area contributed by atoms with Gasteiger partial charge in [0.05, 0.1) is 17.2 Å². The smallest absolute Gasteiger partial charge is 0.289 e. The number of nitrogens with two attached hydrogens (primary N) is 1. The van der Waals surface area contributed by atoms with E-state index in [-0.39, 0.29) is 18.0 Å². The summed E-state index contributed by atoms with van der Waals surface area (Å²) in [4.78, 5) is 21.8. The van der Waals surface area contributed by atoms with Crippen LogP contribution in [0, 0.1) is 10.1 Å². The summed E-state index contributed by atoms with van der Waals surface area (Å²) in [5.41, 5.74) is 1.31. The number of carbonyl (C=O) groups excluding carboxylic acids is 1. The number of sulfonamides is 1. The van der Waals surface area contributed by atoms with Crippen LogP contribution in [0.5, 0.6) is 5.75 Å². The standard InChI is InChI=1S/C16H18N4O6S/c1-2-26-14-9-5-3-7-12(14)19(11-16(21)18-17)27(24,25)15-10-6-4-8-13(15)20(22)23/h3-10H,2,11,17H2,1H3,(H,18,21). The lowest BCUT2D eigenvalue weighted by Gasteiger charge is -2.25. The van der Waals surface area contributed by atoms with Gasteiger partial charge in [0.15, 0.2) is 4.90 Å². The zero-order valence-corrected chi connectivity index (χ0v) is 15.2. The van der Waals surface area contributed by atoms with Crippen molar-refractivity contribution in [2.24, 2.45) is 5.84 Å². The Bertz CT molecular complexity index is 947. The minimum absolute atomic E-state index is 0.0566. The molecule has 0 unspecified atom stereocenters. The van der Waals surface area contributed by atoms with E-state index >= 15 is 0 Å². The Labute approximate surface area is 155 Å². The second-order valence-electron chi connectivity index (χ2n) is 5.20. The SMILES string of the molecule is CCOc1ccccc1N(CC(=O)NN)S(=O)(=O)c1ccccc1[N+](=O)[O-]. The molecule has 0 atom stereocenters. The Morgan fingerprint density at radius 1 is 1.22 bits per heavy atom. The molecule has 0 aliphatic heterocycles. The second-order valence-corrected chi connectivity index (χ2v) is 7.04. The van der Waals surface area contributed by atoms with Crippen molar-refractivity contribution in [3.05, 3.63) is 58.6 Å². The fourth-order valence-corrected chi connectivity index (χ4v) is 3.95. The Hall–Kier alpha value is -3.18. The van der Waals surface area contributed by atoms with Crippen LogP contribution < -0.4 is 20.3 Å². The van der Waals surface area contributed by atoms with E-state index in [1.807, 2.05) is 5.43 Å². The van der Waals surface area contributed by atoms with Gasteiger partial charge in [-0.05, 0) is 25.1 Å². The molecule has 144 valence electrons. The van der Waals surface area contributed by atoms with Gasteiger partial charge in [-0.2, -0.15) is 0 Å². The van der Waals surface area contributed by atoms with Crippen molar-refractivity contribution in [1.82, 2.24) is 5.43 Å². The highest BCUT2D eigenvalue weighted by Gasteiger charge is 2.34. The van der Waals surface area contributed by atoms with Crippen molar-refractivity contribution in [3.8, 4) is 5.75 Å². The molecule has 10 nitrogen and oxygen atoms in total. The molecule has 0 heterocycles. The predicted octanol–water partition coefficient (Wildman–Crippen LogP) is 1.18. The Morgan fingerprint density at radius 3 is 2.48 bits per heavy atom. The maximum absolute atomic E-state index is 13.2. The zero-order chi connectivity index (χ0) is 20.0. The minimum Gasteiger partial charge on any atom is -0.492 e. The number of rotatable bonds is 8. The number of carbonyl (C=O) groups is 1. The Morgan fingerprint density at radius 2 is 1.85 bits per heavy atom. The maximum atomic E-state index is 13.2. The number of nitro groups is 1. The highest BCUT2D eigenvalue weighted by atomic mass is 32.2. The fraction of sp³-hybridized carbons (Fsp3) is 0.188. The molecule has 2 rings (SSSR count). The van der Waals surface area contributed by atoms with Gasteiger partial charge >= 0.3 is 0 Å². The second kappa shape index (κ2) is 8.47. The normalized spacial score (nSPS) is 10.9. The summed E-state index contributed by atoms with van der Waals surface area (Å²) in [7, 11) is -4.48. The third-order valence-corrected chi connectivity index (χ3v) is 5.32. The molecule has 1 amide bonds. The van der Waals surface area contributed by atoms with Crippen molar-refractivity contribution in [1.29, 1.82) is 0 Å². The van der Waals surface area contributed by atoms with Crippen LogP contribution in [0.3, 0.4) is 0 Å². The number of hydrogen-bond donors (Lipinski definition) is 2. The van der Waals surface area contributed by atoms with Crippen LogP contribution in [0.15, 0.2) is 53.4 Å². The number of nitrogens with one attached hydrogen (secondary N) is 1. The predicted molar refractivity (Wildman–Crippen MR) is 97.6 cm³/mol. The van der Waals surface area contributed by atoms with Crippen LogP contribution in [-0.4, -0.2) is 32.4 Å². The molecule has 2 aromatic rings. The summed E-state index contributed by atoms with van der Waals surface area (Å²) < 4.78 is 32.6. The van der Waals surface area contributed by atoms with Gasteiger partial charge in [-0.3, -0.25) is 24.6 Å². The molecule has 0 aliphatic carbocycles. The molecular weight excluding hydrogens is 376 g/mol. The van der Waals surface area contributed by atoms with E-state index in [4.69, 9.17) is 10.6 Å². The van der Waals surface area contributed by atoms with Gasteiger partial charge in [-0.15, -0.1) is 0 Å². The number of nitro benzene ring substituents is 1. The third-order valence-electron chi connectivity index (χ3n) is 3.51. The molecule has 11 heteroatoms. The molecule has 2 aromatic carbocycles. The summed E-state index contributed by atoms with van der Waals surface area (Å²) in [6.45, 7) is 1.28. The van der Waals surface area contributed by atoms with Crippen LogP contribution >= 0.6 is 0 Å². The molecule has 0 fully saturated rings. The van der Waals surface area contributed by atoms with Gasteiger partial charge in [-0.25, -0.2) is 14.3 Å². The Kier molecular flexibility index (Phi) is 6.32. The molecule has 0 spiro atoms. The first kappa shape index (κ1) is 20.1. The van der Waals surface area contributed by atoms with E-state index in [1.54, 1.807) is 19.1 Å². The van der Waals surface area contributed by atoms with E-state index in [9.17, 15) is 23.3 Å². The first-order valence-corrected chi connectivity index (χ1v) is 9.24. The van der Waals surface area contributed by atoms with Crippen molar-refractivity contribution in [2.75, 3.05) is 17.5 Å². The number of hydrogen-bond acceptors (Lipinski definition) is 7. The number of ether oxygens (including phenoxy) is 1. The number of anilines is 1. The van der Waals surface area contributed by atoms with Gasteiger partial charge in [0.2, 0.25) is 0 Å². The first-order chi connectivity index (χ1) is 12.8. The number of nitrogens with zero attached hydrogens (tertiary/aromatic N) is 2. The average Bonchev–Trinajstić information content (AvgIpc) is 2.66. The molecule has 3 N–H and O–H groups in total. The van der Waals surface area contributed by atoms with Crippen molar-refractivity contribution in [2.45, 2.75) is 11.8 Å². The highest BCUT2D eigenvalue weighted by Crippen LogP contribution is 2.34. The van der Waals surface area contributed by atoms with E-state index in [2.05, 4.69) is 0 Å². The van der Waals surface area contributed by atoms with Crippen molar-refractivity contribution >= 4 is 27.3 Å². The Balaban J connectivity index is 2.68. The summed E-state index contributed by atoms with van der Waals surface area (Å²) in [5, 5.41) is 11.3. The lowest BCUT2D eigenvalue weighted by Crippen LogP contribution is -2.43. The number of hydrazine groups is 1. The first-order valence-electron chi connectivity index (χ1n) is 7.80.